The number of carboxylic acids is 1. The number of nitrogens with zero attached hydrogens (tertiary/aromatic N) is 3. The molecule has 19 heavy (non-hydrogen) atoms. The van der Waals surface area contributed by atoms with Gasteiger partial charge in [0, 0.05) is 11.7 Å². The first-order chi connectivity index (χ1) is 8.95. The lowest BCUT2D eigenvalue weighted by Crippen LogP contribution is -2.26. The fourth-order valence-electron chi connectivity index (χ4n) is 1.82. The van der Waals surface area contributed by atoms with E-state index in [1.807, 2.05) is 16.7 Å². The van der Waals surface area contributed by atoms with Gasteiger partial charge in [0.15, 0.2) is 10.8 Å². The molecule has 2 rings (SSSR count). The normalized spacial score (nSPS) is 11.9. The molecular weight excluding hydrogens is 262 g/mol. The summed E-state index contributed by atoms with van der Waals surface area (Å²) in [4.78, 5) is 19.6. The first kappa shape index (κ1) is 13.9. The van der Waals surface area contributed by atoms with Gasteiger partial charge < -0.3 is 5.11 Å². The first-order valence-corrected chi connectivity index (χ1v) is 7.13. The third-order valence-electron chi connectivity index (χ3n) is 3.18. The van der Waals surface area contributed by atoms with Gasteiger partial charge in [-0.25, -0.2) is 9.97 Å². The average molecular weight is 279 g/mol. The lowest BCUT2D eigenvalue weighted by atomic mass is 10.0. The molecule has 0 aromatic carbocycles. The van der Waals surface area contributed by atoms with Gasteiger partial charge in [-0.15, -0.1) is 0 Å². The number of carboxylic acid groups (broad SMARTS) is 1. The lowest BCUT2D eigenvalue weighted by Gasteiger charge is -2.27. The van der Waals surface area contributed by atoms with Crippen LogP contribution in [0, 0.1) is 0 Å². The van der Waals surface area contributed by atoms with Crippen LogP contribution in [0.2, 0.25) is 0 Å². The summed E-state index contributed by atoms with van der Waals surface area (Å²) in [5.74, 6) is -0.839. The minimum Gasteiger partial charge on any atom is -0.481 e. The van der Waals surface area contributed by atoms with Crippen LogP contribution in [0.25, 0.3) is 11.2 Å². The minimum atomic E-state index is -0.842. The molecule has 0 unspecified atom stereocenters. The Balaban J connectivity index is 2.55. The maximum absolute atomic E-state index is 10.7. The lowest BCUT2D eigenvalue weighted by molar-refractivity contribution is -0.133. The van der Waals surface area contributed by atoms with Crippen LogP contribution in [0.1, 0.15) is 27.2 Å². The van der Waals surface area contributed by atoms with E-state index >= 15 is 0 Å². The molecule has 2 aromatic heterocycles. The van der Waals surface area contributed by atoms with E-state index in [9.17, 15) is 4.79 Å². The number of imidazole rings is 1. The summed E-state index contributed by atoms with van der Waals surface area (Å²) >= 11 is 1.24. The number of aliphatic carboxylic acids is 1. The van der Waals surface area contributed by atoms with Crippen molar-refractivity contribution in [2.45, 2.75) is 37.9 Å². The standard InChI is InChI=1S/C13H17N3O2S/c1-4-13(2,3)16-11-9(6-5-7-14-11)15-12(16)19-8-10(17)18/h5-7H,4,8H2,1-3H3,(H,17,18). The van der Waals surface area contributed by atoms with Gasteiger partial charge in [-0.05, 0) is 32.4 Å². The predicted molar refractivity (Wildman–Crippen MR) is 75.5 cm³/mol. The molecule has 1 N–H and O–H groups in total. The van der Waals surface area contributed by atoms with Gasteiger partial charge in [0.1, 0.15) is 5.52 Å². The van der Waals surface area contributed by atoms with Crippen LogP contribution in [0.4, 0.5) is 0 Å². The van der Waals surface area contributed by atoms with Crippen LogP contribution in [0.3, 0.4) is 0 Å². The summed E-state index contributed by atoms with van der Waals surface area (Å²) in [6, 6.07) is 3.74. The Morgan fingerprint density at radius 3 is 2.89 bits per heavy atom. The highest BCUT2D eigenvalue weighted by Gasteiger charge is 2.25. The molecule has 0 radical (unpaired) electrons. The number of thioether (sulfide) groups is 1. The van der Waals surface area contributed by atoms with Crippen LogP contribution < -0.4 is 0 Å². The summed E-state index contributed by atoms with van der Waals surface area (Å²) in [5, 5.41) is 9.54. The summed E-state index contributed by atoms with van der Waals surface area (Å²) < 4.78 is 2.04. The van der Waals surface area contributed by atoms with Crippen molar-refractivity contribution in [1.29, 1.82) is 0 Å². The van der Waals surface area contributed by atoms with Gasteiger partial charge in [0.25, 0.3) is 0 Å². The monoisotopic (exact) mass is 279 g/mol. The molecule has 0 amide bonds. The second-order valence-electron chi connectivity index (χ2n) is 4.92. The fourth-order valence-corrected chi connectivity index (χ4v) is 2.70. The number of hydrogen-bond donors (Lipinski definition) is 1. The van der Waals surface area contributed by atoms with Crippen molar-refractivity contribution < 1.29 is 9.90 Å². The van der Waals surface area contributed by atoms with Crippen LogP contribution in [-0.4, -0.2) is 31.4 Å². The molecule has 0 aliphatic rings. The van der Waals surface area contributed by atoms with Crippen LogP contribution >= 0.6 is 11.8 Å². The van der Waals surface area contributed by atoms with E-state index in [4.69, 9.17) is 5.11 Å². The maximum Gasteiger partial charge on any atom is 0.313 e. The average Bonchev–Trinajstić information content (AvgIpc) is 2.75. The molecule has 2 aromatic rings. The summed E-state index contributed by atoms with van der Waals surface area (Å²) in [6.07, 6.45) is 2.65. The zero-order valence-corrected chi connectivity index (χ0v) is 12.1. The molecule has 0 aliphatic carbocycles. The zero-order chi connectivity index (χ0) is 14.0. The Bertz CT molecular complexity index is 607. The van der Waals surface area contributed by atoms with Crippen molar-refractivity contribution in [1.82, 2.24) is 14.5 Å². The quantitative estimate of drug-likeness (QED) is 0.852. The van der Waals surface area contributed by atoms with Crippen molar-refractivity contribution >= 4 is 28.9 Å². The van der Waals surface area contributed by atoms with E-state index in [-0.39, 0.29) is 11.3 Å². The third kappa shape index (κ3) is 2.73. The molecule has 5 nitrogen and oxygen atoms in total. The maximum atomic E-state index is 10.7. The number of hydrogen-bond acceptors (Lipinski definition) is 4. The van der Waals surface area contributed by atoms with Gasteiger partial charge in [0.2, 0.25) is 0 Å². The molecule has 0 aliphatic heterocycles. The van der Waals surface area contributed by atoms with Crippen molar-refractivity contribution in [3.8, 4) is 0 Å². The SMILES string of the molecule is CCC(C)(C)n1c(SCC(=O)O)nc2cccnc21. The number of rotatable bonds is 5. The Labute approximate surface area is 116 Å². The minimum absolute atomic E-state index is 0.00309. The number of carbonyl (C=O) groups is 1. The van der Waals surface area contributed by atoms with Crippen LogP contribution in [0.15, 0.2) is 23.5 Å². The Morgan fingerprint density at radius 2 is 2.26 bits per heavy atom. The van der Waals surface area contributed by atoms with Gasteiger partial charge in [-0.2, -0.15) is 0 Å². The molecule has 6 heteroatoms. The molecule has 2 heterocycles. The highest BCUT2D eigenvalue weighted by atomic mass is 32.2. The van der Waals surface area contributed by atoms with Gasteiger partial charge >= 0.3 is 5.97 Å². The molecule has 0 bridgehead atoms. The molecular formula is C13H17N3O2S. The topological polar surface area (TPSA) is 68.0 Å². The summed E-state index contributed by atoms with van der Waals surface area (Å²) in [7, 11) is 0. The van der Waals surface area contributed by atoms with Crippen LogP contribution in [0.5, 0.6) is 0 Å². The van der Waals surface area contributed by atoms with Crippen molar-refractivity contribution in [2.75, 3.05) is 5.75 Å². The van der Waals surface area contributed by atoms with E-state index in [1.54, 1.807) is 6.20 Å². The fraction of sp³-hybridized carbons (Fsp3) is 0.462. The Morgan fingerprint density at radius 1 is 1.53 bits per heavy atom. The smallest absolute Gasteiger partial charge is 0.313 e. The Hall–Kier alpha value is -1.56. The predicted octanol–water partition coefficient (Wildman–Crippen LogP) is 2.75. The van der Waals surface area contributed by atoms with E-state index in [2.05, 4.69) is 30.7 Å². The molecule has 0 fully saturated rings. The van der Waals surface area contributed by atoms with Gasteiger partial charge in [0.05, 0.1) is 5.75 Å². The number of aromatic nitrogens is 3. The van der Waals surface area contributed by atoms with E-state index in [0.717, 1.165) is 17.6 Å². The summed E-state index contributed by atoms with van der Waals surface area (Å²) in [6.45, 7) is 6.31. The second kappa shape index (κ2) is 5.21. The first-order valence-electron chi connectivity index (χ1n) is 6.14. The highest BCUT2D eigenvalue weighted by molar-refractivity contribution is 7.99. The van der Waals surface area contributed by atoms with Crippen molar-refractivity contribution in [3.05, 3.63) is 18.3 Å². The highest BCUT2D eigenvalue weighted by Crippen LogP contribution is 2.31. The Kier molecular flexibility index (Phi) is 3.80. The van der Waals surface area contributed by atoms with E-state index in [0.29, 0.717) is 5.16 Å². The van der Waals surface area contributed by atoms with Crippen molar-refractivity contribution in [3.63, 3.8) is 0 Å². The van der Waals surface area contributed by atoms with Crippen LogP contribution in [-0.2, 0) is 10.3 Å². The molecule has 0 saturated heterocycles. The molecule has 102 valence electrons. The largest absolute Gasteiger partial charge is 0.481 e. The number of fused-ring (bicyclic) bond motifs is 1. The molecule has 0 spiro atoms. The third-order valence-corrected chi connectivity index (χ3v) is 4.10. The van der Waals surface area contributed by atoms with E-state index in [1.165, 1.54) is 11.8 Å². The zero-order valence-electron chi connectivity index (χ0n) is 11.3. The number of pyridine rings is 1. The molecule has 0 saturated carbocycles. The van der Waals surface area contributed by atoms with E-state index < -0.39 is 5.97 Å². The van der Waals surface area contributed by atoms with Crippen molar-refractivity contribution in [2.24, 2.45) is 0 Å². The summed E-state index contributed by atoms with van der Waals surface area (Å²) in [5.41, 5.74) is 1.46. The van der Waals surface area contributed by atoms with Gasteiger partial charge in [-0.3, -0.25) is 9.36 Å². The molecule has 0 atom stereocenters. The second-order valence-corrected chi connectivity index (χ2v) is 5.87. The van der Waals surface area contributed by atoms with Gasteiger partial charge in [-0.1, -0.05) is 18.7 Å².